The molecule has 0 spiro atoms. The Morgan fingerprint density at radius 1 is 0.964 bits per heavy atom. The molecule has 2 aromatic carbocycles. The molecule has 0 aliphatic carbocycles. The maximum Gasteiger partial charge on any atom is 0.339 e. The summed E-state index contributed by atoms with van der Waals surface area (Å²) in [7, 11) is 4.46. The summed E-state index contributed by atoms with van der Waals surface area (Å²) < 4.78 is 15.3. The molecular weight excluding hydrogens is 362 g/mol. The van der Waals surface area contributed by atoms with Crippen molar-refractivity contribution in [2.24, 2.45) is 0 Å². The van der Waals surface area contributed by atoms with Crippen LogP contribution >= 0.6 is 0 Å². The Balaban J connectivity index is 1.81. The summed E-state index contributed by atoms with van der Waals surface area (Å²) in [6, 6.07) is 12.3. The van der Waals surface area contributed by atoms with E-state index < -0.39 is 5.97 Å². The van der Waals surface area contributed by atoms with Gasteiger partial charge in [-0.3, -0.25) is 0 Å². The lowest BCUT2D eigenvalue weighted by Crippen LogP contribution is -2.07. The normalized spacial score (nSPS) is 10.1. The zero-order valence-corrected chi connectivity index (χ0v) is 15.6. The fourth-order valence-electron chi connectivity index (χ4n) is 2.48. The number of anilines is 4. The first kappa shape index (κ1) is 18.9. The van der Waals surface area contributed by atoms with Crippen molar-refractivity contribution in [2.45, 2.75) is 0 Å². The monoisotopic (exact) mass is 381 g/mol. The molecule has 9 heteroatoms. The van der Waals surface area contributed by atoms with Gasteiger partial charge in [0.1, 0.15) is 0 Å². The number of rotatable bonds is 7. The van der Waals surface area contributed by atoms with Gasteiger partial charge in [-0.05, 0) is 24.3 Å². The third kappa shape index (κ3) is 4.26. The number of para-hydroxylation sites is 1. The van der Waals surface area contributed by atoms with Crippen LogP contribution in [0.3, 0.4) is 0 Å². The molecule has 0 radical (unpaired) electrons. The van der Waals surface area contributed by atoms with E-state index in [1.807, 2.05) is 0 Å². The minimum atomic E-state index is -0.450. The van der Waals surface area contributed by atoms with Gasteiger partial charge in [0.2, 0.25) is 5.95 Å². The summed E-state index contributed by atoms with van der Waals surface area (Å²) in [5.74, 6) is 1.42. The van der Waals surface area contributed by atoms with Gasteiger partial charge in [-0.15, -0.1) is 5.10 Å². The van der Waals surface area contributed by atoms with Gasteiger partial charge >= 0.3 is 5.97 Å². The quantitative estimate of drug-likeness (QED) is 0.597. The highest BCUT2D eigenvalue weighted by Crippen LogP contribution is 2.30. The number of benzene rings is 2. The average molecular weight is 381 g/mol. The van der Waals surface area contributed by atoms with E-state index in [1.165, 1.54) is 13.3 Å². The standard InChI is InChI=1S/C19H19N5O4/c1-26-15-9-8-12(10-16(15)27-2)21-19-23-17(11-20-24-19)22-14-7-5-4-6-13(14)18(25)28-3/h4-11H,1-3H3,(H2,21,22,23,24). The maximum absolute atomic E-state index is 11.9. The molecule has 0 aliphatic heterocycles. The molecule has 1 aromatic heterocycles. The predicted octanol–water partition coefficient (Wildman–Crippen LogP) is 3.16. The topological polar surface area (TPSA) is 107 Å². The number of hydrogen-bond donors (Lipinski definition) is 2. The summed E-state index contributed by atoms with van der Waals surface area (Å²) in [5.41, 5.74) is 1.64. The zero-order valence-electron chi connectivity index (χ0n) is 15.6. The van der Waals surface area contributed by atoms with Crippen LogP contribution in [0.2, 0.25) is 0 Å². The van der Waals surface area contributed by atoms with Crippen molar-refractivity contribution in [2.75, 3.05) is 32.0 Å². The van der Waals surface area contributed by atoms with Crippen molar-refractivity contribution in [3.8, 4) is 11.5 Å². The molecule has 0 fully saturated rings. The second kappa shape index (κ2) is 8.67. The first-order valence-electron chi connectivity index (χ1n) is 8.27. The van der Waals surface area contributed by atoms with Crippen molar-refractivity contribution < 1.29 is 19.0 Å². The molecule has 0 bridgehead atoms. The SMILES string of the molecule is COC(=O)c1ccccc1Nc1cnnc(Nc2ccc(OC)c(OC)c2)n1. The van der Waals surface area contributed by atoms with Crippen LogP contribution in [0.25, 0.3) is 0 Å². The largest absolute Gasteiger partial charge is 0.493 e. The summed E-state index contributed by atoms with van der Waals surface area (Å²) in [4.78, 5) is 16.3. The van der Waals surface area contributed by atoms with E-state index in [1.54, 1.807) is 56.7 Å². The molecule has 28 heavy (non-hydrogen) atoms. The van der Waals surface area contributed by atoms with Crippen LogP contribution in [0.15, 0.2) is 48.7 Å². The van der Waals surface area contributed by atoms with Crippen LogP contribution in [-0.4, -0.2) is 42.5 Å². The fraction of sp³-hybridized carbons (Fsp3) is 0.158. The zero-order chi connectivity index (χ0) is 19.9. The highest BCUT2D eigenvalue weighted by Gasteiger charge is 2.12. The summed E-state index contributed by atoms with van der Waals surface area (Å²) in [6.45, 7) is 0. The highest BCUT2D eigenvalue weighted by molar-refractivity contribution is 5.96. The molecule has 9 nitrogen and oxygen atoms in total. The number of esters is 1. The Morgan fingerprint density at radius 2 is 1.75 bits per heavy atom. The van der Waals surface area contributed by atoms with E-state index >= 15 is 0 Å². The number of ether oxygens (including phenoxy) is 3. The lowest BCUT2D eigenvalue weighted by Gasteiger charge is -2.12. The minimum absolute atomic E-state index is 0.271. The molecule has 0 saturated heterocycles. The second-order valence-corrected chi connectivity index (χ2v) is 5.52. The number of carbonyl (C=O) groups is 1. The van der Waals surface area contributed by atoms with Crippen LogP contribution < -0.4 is 20.1 Å². The molecule has 3 rings (SSSR count). The average Bonchev–Trinajstić information content (AvgIpc) is 2.73. The maximum atomic E-state index is 11.9. The molecule has 0 atom stereocenters. The van der Waals surface area contributed by atoms with Crippen molar-refractivity contribution in [3.63, 3.8) is 0 Å². The van der Waals surface area contributed by atoms with E-state index in [2.05, 4.69) is 25.8 Å². The first-order chi connectivity index (χ1) is 13.6. The van der Waals surface area contributed by atoms with Gasteiger partial charge in [0, 0.05) is 11.8 Å². The molecule has 0 saturated carbocycles. The molecule has 1 heterocycles. The molecule has 3 aromatic rings. The number of nitrogens with one attached hydrogen (secondary N) is 2. The van der Waals surface area contributed by atoms with E-state index in [9.17, 15) is 4.79 Å². The number of nitrogens with zero attached hydrogens (tertiary/aromatic N) is 3. The van der Waals surface area contributed by atoms with Crippen molar-refractivity contribution in [3.05, 3.63) is 54.2 Å². The van der Waals surface area contributed by atoms with Gasteiger partial charge in [-0.25, -0.2) is 4.79 Å². The third-order valence-electron chi connectivity index (χ3n) is 3.79. The Hall–Kier alpha value is -3.88. The van der Waals surface area contributed by atoms with Crippen molar-refractivity contribution in [1.29, 1.82) is 0 Å². The van der Waals surface area contributed by atoms with Gasteiger partial charge in [-0.1, -0.05) is 12.1 Å². The summed E-state index contributed by atoms with van der Waals surface area (Å²) in [5, 5.41) is 14.0. The lowest BCUT2D eigenvalue weighted by molar-refractivity contribution is 0.0602. The summed E-state index contributed by atoms with van der Waals surface area (Å²) in [6.07, 6.45) is 1.45. The second-order valence-electron chi connectivity index (χ2n) is 5.52. The van der Waals surface area contributed by atoms with Crippen molar-refractivity contribution in [1.82, 2.24) is 15.2 Å². The predicted molar refractivity (Wildman–Crippen MR) is 104 cm³/mol. The van der Waals surface area contributed by atoms with Crippen LogP contribution in [0.4, 0.5) is 23.1 Å². The first-order valence-corrected chi connectivity index (χ1v) is 8.27. The van der Waals surface area contributed by atoms with Gasteiger partial charge < -0.3 is 24.8 Å². The lowest BCUT2D eigenvalue weighted by atomic mass is 10.2. The highest BCUT2D eigenvalue weighted by atomic mass is 16.5. The summed E-state index contributed by atoms with van der Waals surface area (Å²) >= 11 is 0. The number of hydrogen-bond acceptors (Lipinski definition) is 9. The molecule has 0 unspecified atom stereocenters. The Kier molecular flexibility index (Phi) is 5.85. The van der Waals surface area contributed by atoms with E-state index in [-0.39, 0.29) is 5.95 Å². The number of aromatic nitrogens is 3. The Morgan fingerprint density at radius 3 is 2.50 bits per heavy atom. The van der Waals surface area contributed by atoms with Crippen LogP contribution in [-0.2, 0) is 4.74 Å². The third-order valence-corrected chi connectivity index (χ3v) is 3.79. The number of methoxy groups -OCH3 is 3. The van der Waals surface area contributed by atoms with E-state index in [0.717, 1.165) is 0 Å². The molecular formula is C19H19N5O4. The van der Waals surface area contributed by atoms with Crippen molar-refractivity contribution >= 4 is 29.1 Å². The van der Waals surface area contributed by atoms with E-state index in [0.29, 0.717) is 34.3 Å². The molecule has 2 N–H and O–H groups in total. The fourth-order valence-corrected chi connectivity index (χ4v) is 2.48. The smallest absolute Gasteiger partial charge is 0.339 e. The van der Waals surface area contributed by atoms with Crippen LogP contribution in [0.1, 0.15) is 10.4 Å². The molecule has 0 amide bonds. The van der Waals surface area contributed by atoms with E-state index in [4.69, 9.17) is 14.2 Å². The number of carbonyl (C=O) groups excluding carboxylic acids is 1. The Labute approximate surface area is 161 Å². The minimum Gasteiger partial charge on any atom is -0.493 e. The van der Waals surface area contributed by atoms with Crippen LogP contribution in [0, 0.1) is 0 Å². The van der Waals surface area contributed by atoms with Gasteiger partial charge in [0.25, 0.3) is 0 Å². The molecule has 0 aliphatic rings. The Bertz CT molecular complexity index is 980. The van der Waals surface area contributed by atoms with Crippen LogP contribution in [0.5, 0.6) is 11.5 Å². The molecule has 144 valence electrons. The van der Waals surface area contributed by atoms with Gasteiger partial charge in [0.15, 0.2) is 17.3 Å². The van der Waals surface area contributed by atoms with Gasteiger partial charge in [0.05, 0.1) is 38.8 Å². The van der Waals surface area contributed by atoms with Gasteiger partial charge in [-0.2, -0.15) is 10.1 Å².